The smallest absolute Gasteiger partial charge is 0.360 e. The molecule has 5 nitrogen and oxygen atoms in total. The highest BCUT2D eigenvalue weighted by Gasteiger charge is 2.15. The number of nitrogens with zero attached hydrogens (tertiary/aromatic N) is 3. The molecule has 0 aromatic carbocycles. The molecule has 0 radical (unpaired) electrons. The Bertz CT molecular complexity index is 531. The van der Waals surface area contributed by atoms with E-state index in [2.05, 4.69) is 14.7 Å². The Balaban J connectivity index is 2.77. The van der Waals surface area contributed by atoms with Gasteiger partial charge in [0.2, 0.25) is 0 Å². The third kappa shape index (κ3) is 1.36. The first-order valence-electron chi connectivity index (χ1n) is 4.53. The molecular formula is C10H11N3O2. The van der Waals surface area contributed by atoms with E-state index in [1.807, 2.05) is 18.2 Å². The first kappa shape index (κ1) is 9.64. The number of ether oxygens (including phenoxy) is 1. The molecule has 2 heterocycles. The van der Waals surface area contributed by atoms with E-state index in [-0.39, 0.29) is 5.69 Å². The summed E-state index contributed by atoms with van der Waals surface area (Å²) in [5, 5.41) is 0. The van der Waals surface area contributed by atoms with Gasteiger partial charge in [-0.25, -0.2) is 14.8 Å². The molecule has 0 N–H and O–H groups in total. The molecule has 0 fully saturated rings. The number of hydrogen-bond acceptors (Lipinski definition) is 4. The number of rotatable bonds is 1. The van der Waals surface area contributed by atoms with Gasteiger partial charge in [-0.15, -0.1) is 0 Å². The summed E-state index contributed by atoms with van der Waals surface area (Å²) < 4.78 is 6.47. The van der Waals surface area contributed by atoms with Crippen molar-refractivity contribution >= 4 is 11.6 Å². The summed E-state index contributed by atoms with van der Waals surface area (Å²) in [4.78, 5) is 19.7. The Hall–Kier alpha value is -1.91. The second kappa shape index (κ2) is 3.34. The summed E-state index contributed by atoms with van der Waals surface area (Å²) in [7, 11) is 1.33. The standard InChI is InChI=1S/C10H11N3O2/c1-6-7(2)13-5-4-11-8(9(13)12-6)10(14)15-3/h4-5H,1-3H3. The van der Waals surface area contributed by atoms with Gasteiger partial charge in [-0.3, -0.25) is 0 Å². The number of carbonyl (C=O) groups is 1. The van der Waals surface area contributed by atoms with Gasteiger partial charge in [-0.05, 0) is 13.8 Å². The molecular weight excluding hydrogens is 194 g/mol. The van der Waals surface area contributed by atoms with Crippen LogP contribution in [0.3, 0.4) is 0 Å². The number of methoxy groups -OCH3 is 1. The van der Waals surface area contributed by atoms with Gasteiger partial charge >= 0.3 is 5.97 Å². The van der Waals surface area contributed by atoms with Crippen LogP contribution in [0.2, 0.25) is 0 Å². The minimum Gasteiger partial charge on any atom is -0.464 e. The molecule has 0 aliphatic carbocycles. The van der Waals surface area contributed by atoms with Crippen LogP contribution >= 0.6 is 0 Å². The van der Waals surface area contributed by atoms with Gasteiger partial charge < -0.3 is 9.14 Å². The third-order valence-electron chi connectivity index (χ3n) is 2.40. The molecule has 0 bridgehead atoms. The lowest BCUT2D eigenvalue weighted by Gasteiger charge is -2.00. The number of aromatic nitrogens is 3. The predicted octanol–water partition coefficient (Wildman–Crippen LogP) is 1.13. The van der Waals surface area contributed by atoms with Gasteiger partial charge in [0.25, 0.3) is 0 Å². The van der Waals surface area contributed by atoms with Crippen LogP contribution in [-0.2, 0) is 4.74 Å². The highest BCUT2D eigenvalue weighted by Crippen LogP contribution is 2.13. The molecule has 15 heavy (non-hydrogen) atoms. The highest BCUT2D eigenvalue weighted by atomic mass is 16.5. The number of fused-ring (bicyclic) bond motifs is 1. The first-order chi connectivity index (χ1) is 7.15. The van der Waals surface area contributed by atoms with Gasteiger partial charge in [-0.2, -0.15) is 0 Å². The van der Waals surface area contributed by atoms with Crippen molar-refractivity contribution in [2.24, 2.45) is 0 Å². The molecule has 0 aliphatic heterocycles. The maximum absolute atomic E-state index is 11.4. The Morgan fingerprint density at radius 1 is 1.47 bits per heavy atom. The van der Waals surface area contributed by atoms with Crippen LogP contribution in [0.1, 0.15) is 21.9 Å². The monoisotopic (exact) mass is 205 g/mol. The van der Waals surface area contributed by atoms with Gasteiger partial charge in [-0.1, -0.05) is 0 Å². The van der Waals surface area contributed by atoms with Gasteiger partial charge in [0.1, 0.15) is 0 Å². The molecule has 0 unspecified atom stereocenters. The first-order valence-corrected chi connectivity index (χ1v) is 4.53. The second-order valence-electron chi connectivity index (χ2n) is 3.24. The minimum absolute atomic E-state index is 0.246. The molecule has 2 aromatic heterocycles. The van der Waals surface area contributed by atoms with Crippen LogP contribution in [-0.4, -0.2) is 27.4 Å². The predicted molar refractivity (Wildman–Crippen MR) is 53.8 cm³/mol. The summed E-state index contributed by atoms with van der Waals surface area (Å²) >= 11 is 0. The SMILES string of the molecule is COC(=O)c1nccn2c(C)c(C)nc12. The van der Waals surface area contributed by atoms with E-state index in [1.165, 1.54) is 7.11 Å². The van der Waals surface area contributed by atoms with Gasteiger partial charge in [0.05, 0.1) is 12.8 Å². The van der Waals surface area contributed by atoms with Crippen molar-refractivity contribution in [1.82, 2.24) is 14.4 Å². The fourth-order valence-corrected chi connectivity index (χ4v) is 1.45. The largest absolute Gasteiger partial charge is 0.464 e. The van der Waals surface area contributed by atoms with Crippen LogP contribution in [0.5, 0.6) is 0 Å². The topological polar surface area (TPSA) is 56.5 Å². The molecule has 0 saturated heterocycles. The summed E-state index contributed by atoms with van der Waals surface area (Å²) in [6.45, 7) is 3.83. The Kier molecular flexibility index (Phi) is 2.15. The Morgan fingerprint density at radius 2 is 2.20 bits per heavy atom. The van der Waals surface area contributed by atoms with Crippen LogP contribution in [0.15, 0.2) is 12.4 Å². The van der Waals surface area contributed by atoms with E-state index >= 15 is 0 Å². The highest BCUT2D eigenvalue weighted by molar-refractivity contribution is 5.93. The van der Waals surface area contributed by atoms with Crippen LogP contribution in [0.4, 0.5) is 0 Å². The molecule has 78 valence electrons. The van der Waals surface area contributed by atoms with E-state index in [1.54, 1.807) is 12.4 Å². The molecule has 0 atom stereocenters. The zero-order valence-electron chi connectivity index (χ0n) is 8.81. The van der Waals surface area contributed by atoms with E-state index in [0.29, 0.717) is 5.65 Å². The summed E-state index contributed by atoms with van der Waals surface area (Å²) in [6.07, 6.45) is 3.34. The van der Waals surface area contributed by atoms with Crippen LogP contribution in [0.25, 0.3) is 5.65 Å². The van der Waals surface area contributed by atoms with Crippen molar-refractivity contribution in [2.75, 3.05) is 7.11 Å². The molecule has 0 amide bonds. The molecule has 2 aromatic rings. The number of aryl methyl sites for hydroxylation is 2. The minimum atomic E-state index is -0.467. The summed E-state index contributed by atoms with van der Waals surface area (Å²) in [5.74, 6) is -0.467. The van der Waals surface area contributed by atoms with Crippen molar-refractivity contribution in [3.05, 3.63) is 29.5 Å². The Labute approximate surface area is 86.7 Å². The maximum atomic E-state index is 11.4. The Morgan fingerprint density at radius 3 is 2.87 bits per heavy atom. The van der Waals surface area contributed by atoms with E-state index in [4.69, 9.17) is 0 Å². The molecule has 0 saturated carbocycles. The third-order valence-corrected chi connectivity index (χ3v) is 2.40. The van der Waals surface area contributed by atoms with Crippen LogP contribution in [0, 0.1) is 13.8 Å². The fraction of sp³-hybridized carbons (Fsp3) is 0.300. The van der Waals surface area contributed by atoms with Crippen molar-refractivity contribution in [2.45, 2.75) is 13.8 Å². The van der Waals surface area contributed by atoms with E-state index in [9.17, 15) is 4.79 Å². The number of carbonyl (C=O) groups excluding carboxylic acids is 1. The van der Waals surface area contributed by atoms with Crippen LogP contribution < -0.4 is 0 Å². The number of hydrogen-bond donors (Lipinski definition) is 0. The van der Waals surface area contributed by atoms with E-state index < -0.39 is 5.97 Å². The lowest BCUT2D eigenvalue weighted by Crippen LogP contribution is -2.07. The fourth-order valence-electron chi connectivity index (χ4n) is 1.45. The quantitative estimate of drug-likeness (QED) is 0.655. The number of imidazole rings is 1. The lowest BCUT2D eigenvalue weighted by molar-refractivity contribution is 0.0595. The summed E-state index contributed by atoms with van der Waals surface area (Å²) in [6, 6.07) is 0. The zero-order chi connectivity index (χ0) is 11.0. The number of esters is 1. The van der Waals surface area contributed by atoms with Crippen molar-refractivity contribution in [1.29, 1.82) is 0 Å². The zero-order valence-corrected chi connectivity index (χ0v) is 8.81. The summed E-state index contributed by atoms with van der Waals surface area (Å²) in [5.41, 5.74) is 2.67. The lowest BCUT2D eigenvalue weighted by atomic mass is 10.4. The van der Waals surface area contributed by atoms with Gasteiger partial charge in [0.15, 0.2) is 11.3 Å². The molecule has 2 rings (SSSR count). The second-order valence-corrected chi connectivity index (χ2v) is 3.24. The van der Waals surface area contributed by atoms with Crippen molar-refractivity contribution in [3.8, 4) is 0 Å². The molecule has 0 aliphatic rings. The average Bonchev–Trinajstić information content (AvgIpc) is 2.54. The van der Waals surface area contributed by atoms with E-state index in [0.717, 1.165) is 11.4 Å². The van der Waals surface area contributed by atoms with Crippen molar-refractivity contribution < 1.29 is 9.53 Å². The van der Waals surface area contributed by atoms with Gasteiger partial charge in [0, 0.05) is 18.1 Å². The molecule has 0 spiro atoms. The normalized spacial score (nSPS) is 10.6. The average molecular weight is 205 g/mol. The van der Waals surface area contributed by atoms with Crippen molar-refractivity contribution in [3.63, 3.8) is 0 Å². The maximum Gasteiger partial charge on any atom is 0.360 e. The molecule has 5 heteroatoms.